The number of carboxylic acids is 1. The quantitative estimate of drug-likeness (QED) is 0.853. The Morgan fingerprint density at radius 2 is 1.55 bits per heavy atom. The maximum atomic E-state index is 10.9. The topological polar surface area (TPSA) is 49.3 Å². The lowest BCUT2D eigenvalue weighted by Gasteiger charge is -2.15. The number of hydrogen-bond donors (Lipinski definition) is 2. The number of benzene rings is 2. The lowest BCUT2D eigenvalue weighted by atomic mass is 10.0. The van der Waals surface area contributed by atoms with Gasteiger partial charge in [0, 0.05) is 11.4 Å². The van der Waals surface area contributed by atoms with Crippen LogP contribution in [0.15, 0.2) is 42.5 Å². The first kappa shape index (κ1) is 14.1. The van der Waals surface area contributed by atoms with Gasteiger partial charge in [0.2, 0.25) is 0 Å². The Morgan fingerprint density at radius 3 is 2.00 bits per heavy atom. The molecule has 0 aromatic heterocycles. The molecule has 3 heteroatoms. The third-order valence-electron chi connectivity index (χ3n) is 3.40. The van der Waals surface area contributed by atoms with Crippen molar-refractivity contribution in [1.29, 1.82) is 0 Å². The van der Waals surface area contributed by atoms with Crippen LogP contribution >= 0.6 is 0 Å². The number of aryl methyl sites for hydroxylation is 2. The summed E-state index contributed by atoms with van der Waals surface area (Å²) in [5.41, 5.74) is 4.89. The minimum Gasteiger partial charge on any atom is -0.478 e. The van der Waals surface area contributed by atoms with Crippen LogP contribution in [-0.2, 0) is 12.8 Å². The zero-order valence-corrected chi connectivity index (χ0v) is 11.8. The molecule has 0 amide bonds. The van der Waals surface area contributed by atoms with Crippen molar-refractivity contribution in [2.75, 3.05) is 5.32 Å². The van der Waals surface area contributed by atoms with E-state index in [4.69, 9.17) is 5.11 Å². The summed E-state index contributed by atoms with van der Waals surface area (Å²) in [5.74, 6) is -0.903. The highest BCUT2D eigenvalue weighted by atomic mass is 16.4. The number of hydrogen-bond acceptors (Lipinski definition) is 2. The van der Waals surface area contributed by atoms with Crippen LogP contribution < -0.4 is 5.32 Å². The lowest BCUT2D eigenvalue weighted by Crippen LogP contribution is -2.01. The maximum Gasteiger partial charge on any atom is 0.335 e. The molecule has 0 saturated heterocycles. The van der Waals surface area contributed by atoms with Gasteiger partial charge in [-0.1, -0.05) is 32.0 Å². The molecule has 20 heavy (non-hydrogen) atoms. The molecule has 104 valence electrons. The van der Waals surface area contributed by atoms with Crippen molar-refractivity contribution in [2.45, 2.75) is 26.7 Å². The Kier molecular flexibility index (Phi) is 4.41. The van der Waals surface area contributed by atoms with Crippen LogP contribution in [0, 0.1) is 0 Å². The third kappa shape index (κ3) is 2.99. The molecular weight excluding hydrogens is 250 g/mol. The summed E-state index contributed by atoms with van der Waals surface area (Å²) in [4.78, 5) is 10.9. The van der Waals surface area contributed by atoms with Gasteiger partial charge in [-0.25, -0.2) is 4.79 Å². The van der Waals surface area contributed by atoms with Crippen molar-refractivity contribution in [1.82, 2.24) is 0 Å². The Labute approximate surface area is 119 Å². The van der Waals surface area contributed by atoms with Crippen LogP contribution in [0.2, 0.25) is 0 Å². The monoisotopic (exact) mass is 269 g/mol. The van der Waals surface area contributed by atoms with Crippen molar-refractivity contribution in [3.8, 4) is 0 Å². The number of nitrogens with one attached hydrogen (secondary N) is 1. The largest absolute Gasteiger partial charge is 0.478 e. The van der Waals surface area contributed by atoms with Gasteiger partial charge in [-0.3, -0.25) is 0 Å². The smallest absolute Gasteiger partial charge is 0.335 e. The number of carboxylic acid groups (broad SMARTS) is 1. The Hall–Kier alpha value is -2.29. The van der Waals surface area contributed by atoms with Gasteiger partial charge in [0.15, 0.2) is 0 Å². The Bertz CT molecular complexity index is 581. The molecule has 0 aliphatic carbocycles. The van der Waals surface area contributed by atoms with Crippen molar-refractivity contribution < 1.29 is 9.90 Å². The predicted octanol–water partition coefficient (Wildman–Crippen LogP) is 4.25. The average molecular weight is 269 g/mol. The molecule has 0 saturated carbocycles. The molecule has 0 aliphatic rings. The van der Waals surface area contributed by atoms with E-state index >= 15 is 0 Å². The number of para-hydroxylation sites is 1. The van der Waals surface area contributed by atoms with E-state index in [2.05, 4.69) is 37.4 Å². The van der Waals surface area contributed by atoms with Crippen LogP contribution in [0.4, 0.5) is 11.4 Å². The molecule has 2 aromatic rings. The minimum atomic E-state index is -0.903. The summed E-state index contributed by atoms with van der Waals surface area (Å²) in [5, 5.41) is 12.3. The summed E-state index contributed by atoms with van der Waals surface area (Å²) in [7, 11) is 0. The molecule has 0 fully saturated rings. The highest BCUT2D eigenvalue weighted by Crippen LogP contribution is 2.26. The molecule has 2 rings (SSSR count). The molecule has 0 atom stereocenters. The number of carbonyl (C=O) groups is 1. The normalized spacial score (nSPS) is 10.3. The summed E-state index contributed by atoms with van der Waals surface area (Å²) >= 11 is 0. The van der Waals surface area contributed by atoms with Gasteiger partial charge >= 0.3 is 5.97 Å². The minimum absolute atomic E-state index is 0.301. The van der Waals surface area contributed by atoms with E-state index in [0.29, 0.717) is 5.56 Å². The third-order valence-corrected chi connectivity index (χ3v) is 3.40. The van der Waals surface area contributed by atoms with E-state index < -0.39 is 5.97 Å². The van der Waals surface area contributed by atoms with Gasteiger partial charge in [-0.15, -0.1) is 0 Å². The van der Waals surface area contributed by atoms with Crippen molar-refractivity contribution in [3.05, 3.63) is 59.2 Å². The summed E-state index contributed by atoms with van der Waals surface area (Å²) in [6.45, 7) is 4.26. The van der Waals surface area contributed by atoms with Gasteiger partial charge in [0.25, 0.3) is 0 Å². The van der Waals surface area contributed by atoms with E-state index in [1.165, 1.54) is 11.1 Å². The summed E-state index contributed by atoms with van der Waals surface area (Å²) < 4.78 is 0. The van der Waals surface area contributed by atoms with E-state index in [1.807, 2.05) is 0 Å². The van der Waals surface area contributed by atoms with E-state index in [0.717, 1.165) is 24.2 Å². The van der Waals surface area contributed by atoms with Crippen LogP contribution in [-0.4, -0.2) is 11.1 Å². The van der Waals surface area contributed by atoms with Crippen molar-refractivity contribution in [3.63, 3.8) is 0 Å². The molecule has 0 spiro atoms. The first-order valence-electron chi connectivity index (χ1n) is 6.86. The van der Waals surface area contributed by atoms with Crippen LogP contribution in [0.25, 0.3) is 0 Å². The van der Waals surface area contributed by atoms with E-state index in [1.54, 1.807) is 24.3 Å². The number of anilines is 2. The number of aromatic carboxylic acids is 1. The lowest BCUT2D eigenvalue weighted by molar-refractivity contribution is 0.0697. The second-order valence-corrected chi connectivity index (χ2v) is 4.67. The molecular formula is C17H19NO2. The van der Waals surface area contributed by atoms with Gasteiger partial charge < -0.3 is 10.4 Å². The second-order valence-electron chi connectivity index (χ2n) is 4.67. The molecule has 0 aliphatic heterocycles. The molecule has 0 bridgehead atoms. The van der Waals surface area contributed by atoms with Crippen LogP contribution in [0.1, 0.15) is 35.3 Å². The highest BCUT2D eigenvalue weighted by molar-refractivity contribution is 5.88. The summed E-state index contributed by atoms with van der Waals surface area (Å²) in [6.07, 6.45) is 1.92. The molecule has 0 heterocycles. The predicted molar refractivity (Wildman–Crippen MR) is 81.9 cm³/mol. The second kappa shape index (κ2) is 6.24. The molecule has 2 aromatic carbocycles. The fraction of sp³-hybridized carbons (Fsp3) is 0.235. The average Bonchev–Trinajstić information content (AvgIpc) is 2.48. The highest BCUT2D eigenvalue weighted by Gasteiger charge is 2.07. The van der Waals surface area contributed by atoms with Gasteiger partial charge in [0.05, 0.1) is 5.56 Å². The zero-order chi connectivity index (χ0) is 14.5. The molecule has 0 unspecified atom stereocenters. The van der Waals surface area contributed by atoms with Crippen molar-refractivity contribution >= 4 is 17.3 Å². The molecule has 2 N–H and O–H groups in total. The first-order chi connectivity index (χ1) is 9.65. The number of rotatable bonds is 5. The Balaban J connectivity index is 2.31. The molecule has 0 radical (unpaired) electrons. The summed E-state index contributed by atoms with van der Waals surface area (Å²) in [6, 6.07) is 13.1. The van der Waals surface area contributed by atoms with Gasteiger partial charge in [-0.2, -0.15) is 0 Å². The van der Waals surface area contributed by atoms with E-state index in [9.17, 15) is 4.79 Å². The Morgan fingerprint density at radius 1 is 1.00 bits per heavy atom. The van der Waals surface area contributed by atoms with E-state index in [-0.39, 0.29) is 0 Å². The van der Waals surface area contributed by atoms with Crippen LogP contribution in [0.5, 0.6) is 0 Å². The fourth-order valence-electron chi connectivity index (χ4n) is 2.24. The van der Waals surface area contributed by atoms with Gasteiger partial charge in [0.1, 0.15) is 0 Å². The standard InChI is InChI=1S/C17H19NO2/c1-3-12-6-5-7-13(4-2)16(12)18-15-10-8-14(9-11-15)17(19)20/h5-11,18H,3-4H2,1-2H3,(H,19,20). The molecule has 3 nitrogen and oxygen atoms in total. The zero-order valence-electron chi connectivity index (χ0n) is 11.8. The van der Waals surface area contributed by atoms with Crippen molar-refractivity contribution in [2.24, 2.45) is 0 Å². The fourth-order valence-corrected chi connectivity index (χ4v) is 2.24. The van der Waals surface area contributed by atoms with Crippen LogP contribution in [0.3, 0.4) is 0 Å². The maximum absolute atomic E-state index is 10.9. The SMILES string of the molecule is CCc1cccc(CC)c1Nc1ccc(C(=O)O)cc1. The van der Waals surface area contributed by atoms with Gasteiger partial charge in [-0.05, 0) is 48.2 Å². The first-order valence-corrected chi connectivity index (χ1v) is 6.86.